The highest BCUT2D eigenvalue weighted by Gasteiger charge is 2.10. The minimum Gasteiger partial charge on any atom is -0.384 e. The first kappa shape index (κ1) is 13.9. The highest BCUT2D eigenvalue weighted by atomic mass is 19.2. The Morgan fingerprint density at radius 2 is 1.89 bits per heavy atom. The molecule has 0 aromatic heterocycles. The normalized spacial score (nSPS) is 11.2. The summed E-state index contributed by atoms with van der Waals surface area (Å²) in [7, 11) is 0. The molecule has 3 nitrogen and oxygen atoms in total. The summed E-state index contributed by atoms with van der Waals surface area (Å²) < 4.78 is 51.0. The molecule has 1 aromatic carbocycles. The third-order valence-corrected chi connectivity index (χ3v) is 1.93. The first-order chi connectivity index (χ1) is 8.45. The van der Waals surface area contributed by atoms with E-state index < -0.39 is 29.2 Å². The number of benzene rings is 1. The van der Waals surface area contributed by atoms with E-state index in [0.29, 0.717) is 6.20 Å². The molecule has 0 saturated carbocycles. The lowest BCUT2D eigenvalue weighted by atomic mass is 10.2. The second-order valence-electron chi connectivity index (χ2n) is 3.21. The SMILES string of the molecule is C=NC(=O)/C(F)=C\NCc1cc(F)c(F)c(F)c1. The summed E-state index contributed by atoms with van der Waals surface area (Å²) in [6.07, 6.45) is 0.677. The van der Waals surface area contributed by atoms with Crippen molar-refractivity contribution < 1.29 is 22.4 Å². The van der Waals surface area contributed by atoms with Crippen LogP contribution in [0.25, 0.3) is 0 Å². The van der Waals surface area contributed by atoms with E-state index in [1.807, 2.05) is 0 Å². The molecule has 1 aromatic rings. The van der Waals surface area contributed by atoms with Crippen LogP contribution in [0.2, 0.25) is 0 Å². The molecule has 1 amide bonds. The molecule has 18 heavy (non-hydrogen) atoms. The Labute approximate surface area is 99.8 Å². The molecule has 0 unspecified atom stereocenters. The fourth-order valence-corrected chi connectivity index (χ4v) is 1.11. The highest BCUT2D eigenvalue weighted by molar-refractivity contribution is 5.94. The van der Waals surface area contributed by atoms with E-state index >= 15 is 0 Å². The van der Waals surface area contributed by atoms with E-state index in [-0.39, 0.29) is 12.1 Å². The monoisotopic (exact) mass is 260 g/mol. The molecule has 0 fully saturated rings. The maximum absolute atomic E-state index is 12.8. The van der Waals surface area contributed by atoms with E-state index in [1.54, 1.807) is 0 Å². The summed E-state index contributed by atoms with van der Waals surface area (Å²) in [6.45, 7) is 2.64. The smallest absolute Gasteiger partial charge is 0.306 e. The van der Waals surface area contributed by atoms with Gasteiger partial charge in [-0.05, 0) is 24.4 Å². The third-order valence-electron chi connectivity index (χ3n) is 1.93. The maximum atomic E-state index is 12.8. The van der Waals surface area contributed by atoms with Gasteiger partial charge in [-0.25, -0.2) is 18.2 Å². The van der Waals surface area contributed by atoms with Crippen LogP contribution in [0, 0.1) is 17.5 Å². The van der Waals surface area contributed by atoms with Crippen molar-refractivity contribution in [2.45, 2.75) is 6.54 Å². The van der Waals surface area contributed by atoms with Gasteiger partial charge in [0.25, 0.3) is 0 Å². The molecule has 0 bridgehead atoms. The van der Waals surface area contributed by atoms with E-state index in [0.717, 1.165) is 12.1 Å². The van der Waals surface area contributed by atoms with Gasteiger partial charge in [-0.1, -0.05) is 0 Å². The molecule has 0 atom stereocenters. The Bertz CT molecular complexity index is 491. The van der Waals surface area contributed by atoms with Crippen molar-refractivity contribution in [2.24, 2.45) is 4.99 Å². The minimum absolute atomic E-state index is 0.0504. The van der Waals surface area contributed by atoms with Gasteiger partial charge in [0.15, 0.2) is 17.5 Å². The summed E-state index contributed by atoms with van der Waals surface area (Å²) in [5, 5.41) is 2.29. The van der Waals surface area contributed by atoms with Crippen molar-refractivity contribution in [3.8, 4) is 0 Å². The van der Waals surface area contributed by atoms with Crippen LogP contribution >= 0.6 is 0 Å². The van der Waals surface area contributed by atoms with Crippen LogP contribution in [0.5, 0.6) is 0 Å². The van der Waals surface area contributed by atoms with Crippen molar-refractivity contribution in [2.75, 3.05) is 0 Å². The average Bonchev–Trinajstić information content (AvgIpc) is 2.34. The minimum atomic E-state index is -1.58. The predicted octanol–water partition coefficient (Wildman–Crippen LogP) is 2.23. The lowest BCUT2D eigenvalue weighted by Gasteiger charge is -2.03. The second-order valence-corrected chi connectivity index (χ2v) is 3.21. The third kappa shape index (κ3) is 3.41. The van der Waals surface area contributed by atoms with Gasteiger partial charge >= 0.3 is 5.91 Å². The molecular weight excluding hydrogens is 252 g/mol. The molecule has 0 spiro atoms. The number of hydrogen-bond donors (Lipinski definition) is 1. The lowest BCUT2D eigenvalue weighted by molar-refractivity contribution is -0.115. The van der Waals surface area contributed by atoms with Gasteiger partial charge in [0.1, 0.15) is 0 Å². The van der Waals surface area contributed by atoms with Gasteiger partial charge < -0.3 is 5.32 Å². The van der Waals surface area contributed by atoms with Crippen LogP contribution in [-0.2, 0) is 11.3 Å². The molecule has 0 heterocycles. The molecule has 0 aliphatic carbocycles. The van der Waals surface area contributed by atoms with E-state index in [2.05, 4.69) is 17.0 Å². The van der Waals surface area contributed by atoms with Crippen molar-refractivity contribution in [3.05, 3.63) is 47.2 Å². The molecule has 0 aliphatic heterocycles. The van der Waals surface area contributed by atoms with Crippen molar-refractivity contribution in [1.82, 2.24) is 5.32 Å². The molecule has 1 N–H and O–H groups in total. The zero-order chi connectivity index (χ0) is 13.7. The zero-order valence-electron chi connectivity index (χ0n) is 9.01. The quantitative estimate of drug-likeness (QED) is 0.390. The van der Waals surface area contributed by atoms with Gasteiger partial charge in [0.05, 0.1) is 0 Å². The largest absolute Gasteiger partial charge is 0.384 e. The Balaban J connectivity index is 2.70. The number of halogens is 4. The first-order valence-corrected chi connectivity index (χ1v) is 4.69. The van der Waals surface area contributed by atoms with Crippen LogP contribution in [0.3, 0.4) is 0 Å². The zero-order valence-corrected chi connectivity index (χ0v) is 9.01. The molecule has 0 aliphatic rings. The topological polar surface area (TPSA) is 41.5 Å². The number of nitrogens with zero attached hydrogens (tertiary/aromatic N) is 1. The van der Waals surface area contributed by atoms with Gasteiger partial charge in [-0.15, -0.1) is 0 Å². The summed E-state index contributed by atoms with van der Waals surface area (Å²) in [4.78, 5) is 13.4. The predicted molar refractivity (Wildman–Crippen MR) is 56.9 cm³/mol. The number of hydrogen-bond acceptors (Lipinski definition) is 2. The van der Waals surface area contributed by atoms with Gasteiger partial charge in [-0.3, -0.25) is 4.79 Å². The van der Waals surface area contributed by atoms with E-state index in [1.165, 1.54) is 0 Å². The van der Waals surface area contributed by atoms with Crippen LogP contribution in [-0.4, -0.2) is 12.6 Å². The number of carbonyl (C=O) groups excluding carboxylic acids is 1. The van der Waals surface area contributed by atoms with Gasteiger partial charge in [0, 0.05) is 12.7 Å². The van der Waals surface area contributed by atoms with Crippen molar-refractivity contribution in [1.29, 1.82) is 0 Å². The van der Waals surface area contributed by atoms with E-state index in [9.17, 15) is 22.4 Å². The van der Waals surface area contributed by atoms with Crippen LogP contribution < -0.4 is 5.32 Å². The number of carbonyl (C=O) groups is 1. The molecule has 1 rings (SSSR count). The van der Waals surface area contributed by atoms with Crippen molar-refractivity contribution >= 4 is 12.6 Å². The molecular formula is C11H8F4N2O. The Kier molecular flexibility index (Phi) is 4.59. The molecule has 96 valence electrons. The number of amides is 1. The van der Waals surface area contributed by atoms with Crippen molar-refractivity contribution in [3.63, 3.8) is 0 Å². The van der Waals surface area contributed by atoms with Gasteiger partial charge in [-0.2, -0.15) is 4.39 Å². The standard InChI is InChI=1S/C11H8F4N2O/c1-16-11(18)9(14)5-17-4-6-2-7(12)10(15)8(13)3-6/h2-3,5,17H,1,4H2/b9-5+. The van der Waals surface area contributed by atoms with Crippen LogP contribution in [0.4, 0.5) is 17.6 Å². The summed E-state index contributed by atoms with van der Waals surface area (Å²) in [6, 6.07) is 1.51. The first-order valence-electron chi connectivity index (χ1n) is 4.69. The highest BCUT2D eigenvalue weighted by Crippen LogP contribution is 2.13. The molecule has 0 saturated heterocycles. The van der Waals surface area contributed by atoms with Gasteiger partial charge in [0.2, 0.25) is 5.83 Å². The van der Waals surface area contributed by atoms with E-state index in [4.69, 9.17) is 0 Å². The molecule has 0 radical (unpaired) electrons. The van der Waals surface area contributed by atoms with Crippen LogP contribution in [0.1, 0.15) is 5.56 Å². The fourth-order valence-electron chi connectivity index (χ4n) is 1.11. The maximum Gasteiger partial charge on any atom is 0.306 e. The number of nitrogens with one attached hydrogen (secondary N) is 1. The molecule has 7 heteroatoms. The Hall–Kier alpha value is -2.18. The fraction of sp³-hybridized carbons (Fsp3) is 0.0909. The Morgan fingerprint density at radius 1 is 1.33 bits per heavy atom. The van der Waals surface area contributed by atoms with Crippen LogP contribution in [0.15, 0.2) is 29.2 Å². The summed E-state index contributed by atoms with van der Waals surface area (Å²) in [5.74, 6) is -6.64. The Morgan fingerprint density at radius 3 is 2.39 bits per heavy atom. The number of aliphatic imine (C=N–C) groups is 1. The number of rotatable bonds is 4. The average molecular weight is 260 g/mol. The second kappa shape index (κ2) is 5.95. The lowest BCUT2D eigenvalue weighted by Crippen LogP contribution is -2.08. The summed E-state index contributed by atoms with van der Waals surface area (Å²) in [5.41, 5.74) is 0.0504. The summed E-state index contributed by atoms with van der Waals surface area (Å²) >= 11 is 0.